The fourth-order valence-corrected chi connectivity index (χ4v) is 2.22. The van der Waals surface area contributed by atoms with Gasteiger partial charge in [0.2, 0.25) is 0 Å². The van der Waals surface area contributed by atoms with E-state index in [1.54, 1.807) is 19.9 Å². The van der Waals surface area contributed by atoms with Crippen molar-refractivity contribution in [1.29, 1.82) is 0 Å². The van der Waals surface area contributed by atoms with Crippen LogP contribution < -0.4 is 11.0 Å². The van der Waals surface area contributed by atoms with E-state index in [9.17, 15) is 9.59 Å². The van der Waals surface area contributed by atoms with Crippen LogP contribution in [0.25, 0.3) is 5.69 Å². The Balaban J connectivity index is 1.79. The molecule has 0 radical (unpaired) electrons. The lowest BCUT2D eigenvalue weighted by Crippen LogP contribution is -2.20. The number of hydrogen-bond acceptors (Lipinski definition) is 4. The minimum Gasteiger partial charge on any atom is -0.295 e. The zero-order chi connectivity index (χ0) is 17.1. The van der Waals surface area contributed by atoms with Crippen LogP contribution in [0.1, 0.15) is 27.4 Å². The minimum absolute atomic E-state index is 0.233. The number of carbonyl (C=O) groups is 1. The molecule has 1 amide bonds. The highest BCUT2D eigenvalue weighted by Crippen LogP contribution is 2.05. The summed E-state index contributed by atoms with van der Waals surface area (Å²) in [5.41, 5.74) is 4.86. The molecule has 122 valence electrons. The van der Waals surface area contributed by atoms with Crippen LogP contribution in [0.3, 0.4) is 0 Å². The molecule has 0 bridgehead atoms. The first-order chi connectivity index (χ1) is 11.6. The Kier molecular flexibility index (Phi) is 4.11. The molecule has 0 unspecified atom stereocenters. The number of para-hydroxylation sites is 1. The van der Waals surface area contributed by atoms with E-state index >= 15 is 0 Å². The van der Waals surface area contributed by atoms with E-state index in [4.69, 9.17) is 0 Å². The lowest BCUT2D eigenvalue weighted by atomic mass is 10.3. The van der Waals surface area contributed by atoms with E-state index in [1.165, 1.54) is 10.9 Å². The molecule has 2 aromatic heterocycles. The predicted octanol–water partition coefficient (Wildman–Crippen LogP) is 1.27. The fraction of sp³-hybridized carbons (Fsp3) is 0.125. The molecule has 0 spiro atoms. The molecular formula is C16H16N6O2. The van der Waals surface area contributed by atoms with Crippen molar-refractivity contribution >= 4 is 12.1 Å². The SMILES string of the molecule is Cc1cc(C(=O)N/N=C\c2c(C)[nH]n(-c3ccccc3)c2=O)n[nH]1. The van der Waals surface area contributed by atoms with E-state index in [2.05, 4.69) is 25.8 Å². The number of H-pyrrole nitrogens is 2. The molecule has 0 aliphatic rings. The fourth-order valence-electron chi connectivity index (χ4n) is 2.22. The van der Waals surface area contributed by atoms with Crippen molar-refractivity contribution in [1.82, 2.24) is 25.4 Å². The van der Waals surface area contributed by atoms with Crippen LogP contribution in [0, 0.1) is 13.8 Å². The number of hydrazone groups is 1. The van der Waals surface area contributed by atoms with Gasteiger partial charge in [0.25, 0.3) is 11.5 Å². The van der Waals surface area contributed by atoms with Gasteiger partial charge >= 0.3 is 0 Å². The van der Waals surface area contributed by atoms with Crippen LogP contribution in [0.2, 0.25) is 0 Å². The Morgan fingerprint density at radius 3 is 2.71 bits per heavy atom. The lowest BCUT2D eigenvalue weighted by molar-refractivity contribution is 0.0950. The number of nitrogens with one attached hydrogen (secondary N) is 3. The summed E-state index contributed by atoms with van der Waals surface area (Å²) < 4.78 is 1.43. The van der Waals surface area contributed by atoms with Gasteiger partial charge in [-0.25, -0.2) is 10.1 Å². The van der Waals surface area contributed by atoms with E-state index in [0.717, 1.165) is 11.4 Å². The van der Waals surface area contributed by atoms with Crippen molar-refractivity contribution < 1.29 is 4.79 Å². The van der Waals surface area contributed by atoms with E-state index in [1.807, 2.05) is 30.3 Å². The molecule has 0 fully saturated rings. The quantitative estimate of drug-likeness (QED) is 0.497. The first kappa shape index (κ1) is 15.5. The van der Waals surface area contributed by atoms with Gasteiger partial charge in [-0.05, 0) is 32.0 Å². The van der Waals surface area contributed by atoms with E-state index in [0.29, 0.717) is 11.3 Å². The van der Waals surface area contributed by atoms with E-state index < -0.39 is 5.91 Å². The van der Waals surface area contributed by atoms with Gasteiger partial charge in [0.1, 0.15) is 0 Å². The van der Waals surface area contributed by atoms with Gasteiger partial charge in [-0.3, -0.25) is 19.8 Å². The van der Waals surface area contributed by atoms with Crippen molar-refractivity contribution in [2.75, 3.05) is 0 Å². The van der Waals surface area contributed by atoms with Gasteiger partial charge in [0.05, 0.1) is 17.5 Å². The number of amides is 1. The molecule has 0 saturated heterocycles. The van der Waals surface area contributed by atoms with Crippen LogP contribution in [0.5, 0.6) is 0 Å². The van der Waals surface area contributed by atoms with Crippen molar-refractivity contribution in [3.8, 4) is 5.69 Å². The van der Waals surface area contributed by atoms with Crippen molar-refractivity contribution in [3.05, 3.63) is 69.4 Å². The van der Waals surface area contributed by atoms with Gasteiger partial charge in [0, 0.05) is 11.4 Å². The first-order valence-corrected chi connectivity index (χ1v) is 7.28. The number of carbonyl (C=O) groups excluding carboxylic acids is 1. The highest BCUT2D eigenvalue weighted by atomic mass is 16.2. The summed E-state index contributed by atoms with van der Waals surface area (Å²) in [5.74, 6) is -0.452. The number of aromatic amines is 2. The molecule has 1 aromatic carbocycles. The summed E-state index contributed by atoms with van der Waals surface area (Å²) in [6.45, 7) is 3.56. The van der Waals surface area contributed by atoms with Gasteiger partial charge in [-0.2, -0.15) is 10.2 Å². The zero-order valence-corrected chi connectivity index (χ0v) is 13.2. The first-order valence-electron chi connectivity index (χ1n) is 7.28. The molecule has 0 aliphatic heterocycles. The van der Waals surface area contributed by atoms with Crippen LogP contribution in [0.4, 0.5) is 0 Å². The smallest absolute Gasteiger partial charge is 0.291 e. The van der Waals surface area contributed by atoms with Gasteiger partial charge in [-0.1, -0.05) is 18.2 Å². The summed E-state index contributed by atoms with van der Waals surface area (Å²) in [6.07, 6.45) is 1.32. The van der Waals surface area contributed by atoms with Gasteiger partial charge < -0.3 is 0 Å². The van der Waals surface area contributed by atoms with Crippen LogP contribution in [-0.2, 0) is 0 Å². The molecule has 0 atom stereocenters. The Hall–Kier alpha value is -3.42. The number of aryl methyl sites for hydroxylation is 2. The van der Waals surface area contributed by atoms with Gasteiger partial charge in [-0.15, -0.1) is 0 Å². The van der Waals surface area contributed by atoms with Gasteiger partial charge in [0.15, 0.2) is 5.69 Å². The summed E-state index contributed by atoms with van der Waals surface area (Å²) >= 11 is 0. The zero-order valence-electron chi connectivity index (χ0n) is 13.2. The summed E-state index contributed by atoms with van der Waals surface area (Å²) in [6, 6.07) is 10.8. The Morgan fingerprint density at radius 1 is 1.29 bits per heavy atom. The van der Waals surface area contributed by atoms with E-state index in [-0.39, 0.29) is 11.3 Å². The number of benzene rings is 1. The van der Waals surface area contributed by atoms with Crippen LogP contribution in [-0.4, -0.2) is 32.1 Å². The normalized spacial score (nSPS) is 11.1. The Bertz CT molecular complexity index is 949. The summed E-state index contributed by atoms with van der Waals surface area (Å²) in [4.78, 5) is 24.3. The van der Waals surface area contributed by atoms with Crippen molar-refractivity contribution in [2.24, 2.45) is 5.10 Å². The second kappa shape index (κ2) is 6.37. The minimum atomic E-state index is -0.452. The predicted molar refractivity (Wildman–Crippen MR) is 89.5 cm³/mol. The largest absolute Gasteiger partial charge is 0.295 e. The molecule has 8 heteroatoms. The maximum Gasteiger partial charge on any atom is 0.291 e. The van der Waals surface area contributed by atoms with Crippen molar-refractivity contribution in [2.45, 2.75) is 13.8 Å². The summed E-state index contributed by atoms with van der Waals surface area (Å²) in [7, 11) is 0. The third kappa shape index (κ3) is 3.02. The summed E-state index contributed by atoms with van der Waals surface area (Å²) in [5, 5.41) is 13.3. The molecule has 2 heterocycles. The number of hydrogen-bond donors (Lipinski definition) is 3. The Morgan fingerprint density at radius 2 is 2.04 bits per heavy atom. The van der Waals surface area contributed by atoms with Crippen LogP contribution in [0.15, 0.2) is 46.3 Å². The molecule has 3 N–H and O–H groups in total. The maximum atomic E-state index is 12.4. The molecule has 0 aliphatic carbocycles. The molecule has 0 saturated carbocycles. The number of rotatable bonds is 4. The van der Waals surface area contributed by atoms with Crippen LogP contribution >= 0.6 is 0 Å². The molecular weight excluding hydrogens is 308 g/mol. The average molecular weight is 324 g/mol. The van der Waals surface area contributed by atoms with Crippen molar-refractivity contribution in [3.63, 3.8) is 0 Å². The standard InChI is InChI=1S/C16H16N6O2/c1-10-8-14(19-18-10)15(23)20-17-9-13-11(2)21-22(16(13)24)12-6-4-3-5-7-12/h3-9,21H,1-2H3,(H,18,19)(H,20,23)/b17-9-. The molecule has 8 nitrogen and oxygen atoms in total. The Labute approximate surface area is 137 Å². The lowest BCUT2D eigenvalue weighted by Gasteiger charge is -1.99. The molecule has 3 aromatic rings. The highest BCUT2D eigenvalue weighted by Gasteiger charge is 2.11. The topological polar surface area (TPSA) is 108 Å². The molecule has 3 rings (SSSR count). The second-order valence-electron chi connectivity index (χ2n) is 5.26. The average Bonchev–Trinajstić information content (AvgIpc) is 3.13. The molecule has 24 heavy (non-hydrogen) atoms. The number of aromatic nitrogens is 4. The highest BCUT2D eigenvalue weighted by molar-refractivity contribution is 5.93. The third-order valence-corrected chi connectivity index (χ3v) is 3.43. The monoisotopic (exact) mass is 324 g/mol. The second-order valence-corrected chi connectivity index (χ2v) is 5.26. The number of nitrogens with zero attached hydrogens (tertiary/aromatic N) is 3. The third-order valence-electron chi connectivity index (χ3n) is 3.43. The maximum absolute atomic E-state index is 12.4.